The normalized spacial score (nSPS) is 14.5. The Morgan fingerprint density at radius 2 is 1.85 bits per heavy atom. The maximum Gasteiger partial charge on any atom is 0.338 e. The van der Waals surface area contributed by atoms with Crippen LogP contribution in [0.5, 0.6) is 5.88 Å². The number of piperidine rings is 1. The first-order valence-corrected chi connectivity index (χ1v) is 16.4. The van der Waals surface area contributed by atoms with Gasteiger partial charge in [0.25, 0.3) is 0 Å². The zero-order valence-electron chi connectivity index (χ0n) is 27.2. The average Bonchev–Trinajstić information content (AvgIpc) is 3.64. The van der Waals surface area contributed by atoms with Crippen molar-refractivity contribution in [2.75, 3.05) is 13.1 Å². The second kappa shape index (κ2) is 13.8. The van der Waals surface area contributed by atoms with E-state index in [0.717, 1.165) is 60.7 Å². The van der Waals surface area contributed by atoms with Crippen LogP contribution in [0.25, 0.3) is 11.0 Å². The van der Waals surface area contributed by atoms with E-state index < -0.39 is 11.4 Å². The number of aryl methyl sites for hydroxylation is 1. The molecule has 0 unspecified atom stereocenters. The number of ether oxygens (including phenoxy) is 2. The number of hydrogen-bond donors (Lipinski definition) is 0. The number of fused-ring (bicyclic) bond motifs is 1. The maximum absolute atomic E-state index is 14.2. The first-order chi connectivity index (χ1) is 22.6. The van der Waals surface area contributed by atoms with Crippen LogP contribution in [0.15, 0.2) is 67.1 Å². The summed E-state index contributed by atoms with van der Waals surface area (Å²) in [5.74, 6) is 0.955. The van der Waals surface area contributed by atoms with Crippen molar-refractivity contribution in [2.24, 2.45) is 0 Å². The van der Waals surface area contributed by atoms with E-state index >= 15 is 0 Å². The summed E-state index contributed by atoms with van der Waals surface area (Å²) >= 11 is 5.88. The van der Waals surface area contributed by atoms with Gasteiger partial charge in [0, 0.05) is 41.0 Å². The monoisotopic (exact) mass is 658 g/mol. The molecule has 0 bridgehead atoms. The number of imidazole rings is 2. The second-order valence-corrected chi connectivity index (χ2v) is 13.4. The molecule has 0 aliphatic carbocycles. The van der Waals surface area contributed by atoms with Crippen LogP contribution in [-0.2, 0) is 31.0 Å². The van der Waals surface area contributed by atoms with Crippen molar-refractivity contribution in [3.8, 4) is 5.88 Å². The lowest BCUT2D eigenvalue weighted by molar-refractivity contribution is 0.00696. The van der Waals surface area contributed by atoms with Gasteiger partial charge in [0.15, 0.2) is 0 Å². The summed E-state index contributed by atoms with van der Waals surface area (Å²) in [5, 5.41) is 0.353. The zero-order chi connectivity index (χ0) is 33.1. The standard InChI is InChI=1S/C36H40ClFN6O3/c1-5-43-23-39-19-28(43)20-44-32-17-25(35(45)47-36(2,3)4)10-12-31(32)40-33(44)21-42-15-13-24(14-16-42)30-7-6-8-34(41-30)46-22-26-9-11-27(37)18-29(26)38/h6-12,17-19,23-24H,5,13-16,20-22H2,1-4H3. The van der Waals surface area contributed by atoms with E-state index in [1.807, 2.05) is 57.6 Å². The Balaban J connectivity index is 1.16. The summed E-state index contributed by atoms with van der Waals surface area (Å²) in [5.41, 5.74) is 4.13. The molecule has 2 aromatic carbocycles. The van der Waals surface area contributed by atoms with Gasteiger partial charge in [-0.1, -0.05) is 23.7 Å². The molecule has 1 aliphatic heterocycles. The van der Waals surface area contributed by atoms with Gasteiger partial charge in [0.2, 0.25) is 5.88 Å². The summed E-state index contributed by atoms with van der Waals surface area (Å²) in [6.07, 6.45) is 5.61. The first-order valence-electron chi connectivity index (χ1n) is 16.0. The Hall–Kier alpha value is -4.28. The summed E-state index contributed by atoms with van der Waals surface area (Å²) in [6.45, 7) is 11.6. The molecule has 1 fully saturated rings. The third-order valence-electron chi connectivity index (χ3n) is 8.43. The average molecular weight is 659 g/mol. The van der Waals surface area contributed by atoms with Crippen LogP contribution in [0.2, 0.25) is 5.02 Å². The van der Waals surface area contributed by atoms with Gasteiger partial charge in [-0.15, -0.1) is 0 Å². The van der Waals surface area contributed by atoms with Gasteiger partial charge in [0.1, 0.15) is 23.8 Å². The van der Waals surface area contributed by atoms with Gasteiger partial charge in [0.05, 0.1) is 41.7 Å². The van der Waals surface area contributed by atoms with E-state index in [-0.39, 0.29) is 18.5 Å². The molecule has 0 saturated carbocycles. The predicted molar refractivity (Wildman–Crippen MR) is 179 cm³/mol. The molecule has 0 atom stereocenters. The lowest BCUT2D eigenvalue weighted by atomic mass is 9.93. The van der Waals surface area contributed by atoms with Crippen LogP contribution in [0.4, 0.5) is 4.39 Å². The van der Waals surface area contributed by atoms with Gasteiger partial charge in [-0.25, -0.2) is 24.1 Å². The molecule has 0 amide bonds. The molecular weight excluding hydrogens is 619 g/mol. The Labute approximate surface area is 279 Å². The number of carbonyl (C=O) groups excluding carboxylic acids is 1. The predicted octanol–water partition coefficient (Wildman–Crippen LogP) is 7.40. The molecule has 0 N–H and O–H groups in total. The van der Waals surface area contributed by atoms with Gasteiger partial charge in [-0.2, -0.15) is 0 Å². The molecule has 1 aliphatic rings. The molecule has 11 heteroatoms. The Bertz CT molecular complexity index is 1870. The first kappa shape index (κ1) is 32.7. The smallest absolute Gasteiger partial charge is 0.338 e. The highest BCUT2D eigenvalue weighted by molar-refractivity contribution is 6.30. The molecule has 4 heterocycles. The number of carbonyl (C=O) groups is 1. The lowest BCUT2D eigenvalue weighted by Crippen LogP contribution is -2.33. The number of nitrogens with zero attached hydrogens (tertiary/aromatic N) is 6. The van der Waals surface area contributed by atoms with Crippen molar-refractivity contribution in [1.29, 1.82) is 0 Å². The number of likely N-dealkylation sites (tertiary alicyclic amines) is 1. The van der Waals surface area contributed by atoms with E-state index in [1.54, 1.807) is 24.3 Å². The van der Waals surface area contributed by atoms with Crippen LogP contribution >= 0.6 is 11.6 Å². The molecule has 0 spiro atoms. The van der Waals surface area contributed by atoms with Gasteiger partial charge in [-0.3, -0.25) is 4.90 Å². The van der Waals surface area contributed by atoms with Crippen LogP contribution in [-0.4, -0.2) is 53.6 Å². The summed E-state index contributed by atoms with van der Waals surface area (Å²) in [7, 11) is 0. The number of pyridine rings is 1. The quantitative estimate of drug-likeness (QED) is 0.145. The highest BCUT2D eigenvalue weighted by Crippen LogP contribution is 2.30. The third-order valence-corrected chi connectivity index (χ3v) is 8.66. The van der Waals surface area contributed by atoms with E-state index in [2.05, 4.69) is 25.9 Å². The minimum absolute atomic E-state index is 0.0806. The van der Waals surface area contributed by atoms with Gasteiger partial charge >= 0.3 is 5.97 Å². The summed E-state index contributed by atoms with van der Waals surface area (Å²) in [6, 6.07) is 15.9. The number of halogens is 2. The number of benzene rings is 2. The highest BCUT2D eigenvalue weighted by Gasteiger charge is 2.25. The van der Waals surface area contributed by atoms with Crippen molar-refractivity contribution in [1.82, 2.24) is 29.0 Å². The topological polar surface area (TPSA) is 87.3 Å². The molecule has 5 aromatic rings. The lowest BCUT2D eigenvalue weighted by Gasteiger charge is -2.31. The fraction of sp³-hybridized carbons (Fsp3) is 0.389. The van der Waals surface area contributed by atoms with Crippen molar-refractivity contribution < 1.29 is 18.7 Å². The Kier molecular flexibility index (Phi) is 9.61. The Morgan fingerprint density at radius 3 is 2.60 bits per heavy atom. The van der Waals surface area contributed by atoms with E-state index in [1.165, 1.54) is 6.07 Å². The maximum atomic E-state index is 14.2. The van der Waals surface area contributed by atoms with Crippen LogP contribution in [0.1, 0.15) is 79.6 Å². The molecule has 246 valence electrons. The minimum Gasteiger partial charge on any atom is -0.473 e. The second-order valence-electron chi connectivity index (χ2n) is 13.0. The van der Waals surface area contributed by atoms with Crippen LogP contribution in [0.3, 0.4) is 0 Å². The largest absolute Gasteiger partial charge is 0.473 e. The van der Waals surface area contributed by atoms with Crippen molar-refractivity contribution in [3.63, 3.8) is 0 Å². The van der Waals surface area contributed by atoms with Gasteiger partial charge in [-0.05, 0) is 90.0 Å². The molecule has 9 nitrogen and oxygen atoms in total. The number of hydrogen-bond acceptors (Lipinski definition) is 7. The third kappa shape index (κ3) is 7.82. The number of rotatable bonds is 10. The highest BCUT2D eigenvalue weighted by atomic mass is 35.5. The van der Waals surface area contributed by atoms with E-state index in [4.69, 9.17) is 31.0 Å². The Morgan fingerprint density at radius 1 is 1.04 bits per heavy atom. The molecule has 47 heavy (non-hydrogen) atoms. The SMILES string of the molecule is CCn1cncc1Cn1c(CN2CCC(c3cccc(OCc4ccc(Cl)cc4F)n3)CC2)nc2ccc(C(=O)OC(C)(C)C)cc21. The molecule has 6 rings (SSSR count). The fourth-order valence-electron chi connectivity index (χ4n) is 5.98. The number of aromatic nitrogens is 5. The fourth-order valence-corrected chi connectivity index (χ4v) is 6.13. The summed E-state index contributed by atoms with van der Waals surface area (Å²) in [4.78, 5) is 29.5. The molecule has 3 aromatic heterocycles. The van der Waals surface area contributed by atoms with E-state index in [0.29, 0.717) is 35.1 Å². The van der Waals surface area contributed by atoms with Crippen molar-refractivity contribution >= 4 is 28.6 Å². The minimum atomic E-state index is -0.585. The summed E-state index contributed by atoms with van der Waals surface area (Å²) < 4.78 is 30.0. The number of esters is 1. The van der Waals surface area contributed by atoms with Crippen molar-refractivity contribution in [2.45, 2.75) is 78.3 Å². The van der Waals surface area contributed by atoms with Crippen LogP contribution < -0.4 is 4.74 Å². The van der Waals surface area contributed by atoms with E-state index in [9.17, 15) is 9.18 Å². The molecule has 0 radical (unpaired) electrons. The zero-order valence-corrected chi connectivity index (χ0v) is 28.0. The van der Waals surface area contributed by atoms with Gasteiger partial charge < -0.3 is 18.6 Å². The van der Waals surface area contributed by atoms with Crippen LogP contribution in [0, 0.1) is 5.82 Å². The molecule has 1 saturated heterocycles. The molecular formula is C36H40ClFN6O3. The van der Waals surface area contributed by atoms with Crippen molar-refractivity contribution in [3.05, 3.63) is 106 Å².